The molecule has 2 aromatic rings. The Morgan fingerprint density at radius 1 is 1.26 bits per heavy atom. The van der Waals surface area contributed by atoms with Crippen molar-refractivity contribution >= 4 is 29.4 Å². The Labute approximate surface area is 162 Å². The monoisotopic (exact) mass is 389 g/mol. The number of hydrogen-bond acceptors (Lipinski definition) is 5. The Bertz CT molecular complexity index is 858. The topological polar surface area (TPSA) is 93.8 Å². The fraction of sp³-hybridized carbons (Fsp3) is 0.263. The van der Waals surface area contributed by atoms with Crippen LogP contribution in [-0.4, -0.2) is 23.7 Å². The van der Waals surface area contributed by atoms with Crippen LogP contribution in [0.25, 0.3) is 0 Å². The Balaban J connectivity index is 1.90. The fourth-order valence-corrected chi connectivity index (χ4v) is 2.35. The van der Waals surface area contributed by atoms with Gasteiger partial charge in [0.05, 0.1) is 11.1 Å². The molecule has 27 heavy (non-hydrogen) atoms. The van der Waals surface area contributed by atoms with E-state index in [4.69, 9.17) is 16.3 Å². The molecule has 0 saturated heterocycles. The first-order valence-electron chi connectivity index (χ1n) is 8.16. The Morgan fingerprint density at radius 3 is 2.52 bits per heavy atom. The van der Waals surface area contributed by atoms with Gasteiger partial charge in [0.1, 0.15) is 0 Å². The third-order valence-corrected chi connectivity index (χ3v) is 3.89. The van der Waals surface area contributed by atoms with Gasteiger partial charge >= 0.3 is 5.69 Å². The molecule has 0 aliphatic rings. The minimum Gasteiger partial charge on any atom is -0.477 e. The summed E-state index contributed by atoms with van der Waals surface area (Å²) in [6.07, 6.45) is 1.51. The van der Waals surface area contributed by atoms with Crippen LogP contribution in [0.5, 0.6) is 5.75 Å². The molecule has 8 heteroatoms. The number of hydrogen-bond donors (Lipinski definition) is 1. The van der Waals surface area contributed by atoms with Crippen LogP contribution in [0, 0.1) is 10.1 Å². The minimum atomic E-state index is -0.626. The van der Waals surface area contributed by atoms with Gasteiger partial charge in [-0.1, -0.05) is 56.6 Å². The van der Waals surface area contributed by atoms with Crippen LogP contribution in [0.4, 0.5) is 5.69 Å². The van der Waals surface area contributed by atoms with Gasteiger partial charge < -0.3 is 4.74 Å². The van der Waals surface area contributed by atoms with Gasteiger partial charge in [-0.25, -0.2) is 5.43 Å². The molecule has 0 aliphatic carbocycles. The largest absolute Gasteiger partial charge is 0.477 e. The first kappa shape index (κ1) is 20.4. The average molecular weight is 390 g/mol. The average Bonchev–Trinajstić information content (AvgIpc) is 2.60. The number of nitrogens with one attached hydrogen (secondary N) is 1. The summed E-state index contributed by atoms with van der Waals surface area (Å²) in [7, 11) is 0. The molecule has 0 fully saturated rings. The lowest BCUT2D eigenvalue weighted by Gasteiger charge is -2.18. The highest BCUT2D eigenvalue weighted by Gasteiger charge is 2.16. The highest BCUT2D eigenvalue weighted by atomic mass is 35.5. The smallest absolute Gasteiger partial charge is 0.312 e. The van der Waals surface area contributed by atoms with Crippen LogP contribution >= 0.6 is 11.6 Å². The van der Waals surface area contributed by atoms with Crippen molar-refractivity contribution in [3.63, 3.8) is 0 Å². The van der Waals surface area contributed by atoms with E-state index in [1.54, 1.807) is 0 Å². The SMILES string of the molecule is CC(C)(C)c1ccc(C=NNC(=O)COc2ccc(Cl)cc2[N+](=O)[O-])cc1. The predicted molar refractivity (Wildman–Crippen MR) is 104 cm³/mol. The number of nitro groups is 1. The van der Waals surface area contributed by atoms with E-state index < -0.39 is 17.4 Å². The number of benzene rings is 2. The first-order valence-corrected chi connectivity index (χ1v) is 8.54. The van der Waals surface area contributed by atoms with Crippen molar-refractivity contribution in [2.24, 2.45) is 5.10 Å². The van der Waals surface area contributed by atoms with Gasteiger partial charge in [0.25, 0.3) is 5.91 Å². The summed E-state index contributed by atoms with van der Waals surface area (Å²) in [5.74, 6) is -0.580. The maximum atomic E-state index is 11.8. The van der Waals surface area contributed by atoms with Crippen molar-refractivity contribution in [3.05, 3.63) is 68.7 Å². The lowest BCUT2D eigenvalue weighted by Crippen LogP contribution is -2.24. The van der Waals surface area contributed by atoms with Crippen LogP contribution in [0.3, 0.4) is 0 Å². The van der Waals surface area contributed by atoms with Gasteiger partial charge in [-0.15, -0.1) is 0 Å². The molecule has 0 atom stereocenters. The van der Waals surface area contributed by atoms with Gasteiger partial charge in [0.2, 0.25) is 0 Å². The molecule has 1 amide bonds. The van der Waals surface area contributed by atoms with E-state index in [9.17, 15) is 14.9 Å². The molecule has 0 heterocycles. The van der Waals surface area contributed by atoms with Crippen molar-refractivity contribution in [2.75, 3.05) is 6.61 Å². The van der Waals surface area contributed by atoms with E-state index in [2.05, 4.69) is 31.3 Å². The molecule has 0 unspecified atom stereocenters. The van der Waals surface area contributed by atoms with Gasteiger partial charge in [-0.2, -0.15) is 5.10 Å². The highest BCUT2D eigenvalue weighted by molar-refractivity contribution is 6.30. The number of amides is 1. The number of nitro benzene ring substituents is 1. The van der Waals surface area contributed by atoms with Crippen LogP contribution < -0.4 is 10.2 Å². The maximum absolute atomic E-state index is 11.8. The predicted octanol–water partition coefficient (Wildman–Crippen LogP) is 4.07. The lowest BCUT2D eigenvalue weighted by molar-refractivity contribution is -0.385. The standard InChI is InChI=1S/C19H20ClN3O4/c1-19(2,3)14-6-4-13(5-7-14)11-21-22-18(24)12-27-17-9-8-15(20)10-16(17)23(25)26/h4-11H,12H2,1-3H3,(H,22,24). The number of hydrazone groups is 1. The summed E-state index contributed by atoms with van der Waals surface area (Å²) in [6.45, 7) is 5.97. The van der Waals surface area contributed by atoms with Gasteiger partial charge in [-0.05, 0) is 28.7 Å². The van der Waals surface area contributed by atoms with Crippen molar-refractivity contribution < 1.29 is 14.5 Å². The van der Waals surface area contributed by atoms with Crippen LogP contribution in [0.15, 0.2) is 47.6 Å². The molecule has 0 aliphatic heterocycles. The molecule has 0 saturated carbocycles. The Morgan fingerprint density at radius 2 is 1.93 bits per heavy atom. The normalized spacial score (nSPS) is 11.4. The molecule has 2 aromatic carbocycles. The molecule has 0 bridgehead atoms. The summed E-state index contributed by atoms with van der Waals surface area (Å²) in [4.78, 5) is 22.1. The van der Waals surface area contributed by atoms with Gasteiger partial charge in [0, 0.05) is 11.1 Å². The molecular weight excluding hydrogens is 370 g/mol. The summed E-state index contributed by atoms with van der Waals surface area (Å²) in [5, 5.41) is 15.0. The number of carbonyl (C=O) groups is 1. The quantitative estimate of drug-likeness (QED) is 0.457. The van der Waals surface area contributed by atoms with E-state index in [-0.39, 0.29) is 21.9 Å². The van der Waals surface area contributed by atoms with Crippen molar-refractivity contribution in [3.8, 4) is 5.75 Å². The molecule has 0 aromatic heterocycles. The number of rotatable bonds is 6. The van der Waals surface area contributed by atoms with E-state index in [1.807, 2.05) is 24.3 Å². The number of nitrogens with zero attached hydrogens (tertiary/aromatic N) is 2. The molecule has 7 nitrogen and oxygen atoms in total. The van der Waals surface area contributed by atoms with E-state index >= 15 is 0 Å². The molecule has 2 rings (SSSR count). The van der Waals surface area contributed by atoms with Crippen LogP contribution in [0.2, 0.25) is 5.02 Å². The van der Waals surface area contributed by atoms with E-state index in [0.29, 0.717) is 0 Å². The third kappa shape index (κ3) is 6.07. The molecule has 142 valence electrons. The Kier molecular flexibility index (Phi) is 6.52. The first-order chi connectivity index (χ1) is 12.7. The maximum Gasteiger partial charge on any atom is 0.312 e. The number of ether oxygens (including phenoxy) is 1. The second-order valence-corrected chi connectivity index (χ2v) is 7.26. The second-order valence-electron chi connectivity index (χ2n) is 6.82. The number of halogens is 1. The van der Waals surface area contributed by atoms with E-state index in [1.165, 1.54) is 23.9 Å². The van der Waals surface area contributed by atoms with Gasteiger partial charge in [0.15, 0.2) is 12.4 Å². The van der Waals surface area contributed by atoms with Gasteiger partial charge in [-0.3, -0.25) is 14.9 Å². The Hall–Kier alpha value is -2.93. The van der Waals surface area contributed by atoms with Crippen LogP contribution in [0.1, 0.15) is 31.9 Å². The summed E-state index contributed by atoms with van der Waals surface area (Å²) in [6, 6.07) is 11.8. The summed E-state index contributed by atoms with van der Waals surface area (Å²) >= 11 is 5.73. The summed E-state index contributed by atoms with van der Waals surface area (Å²) in [5.41, 5.74) is 4.10. The van der Waals surface area contributed by atoms with Crippen molar-refractivity contribution in [1.29, 1.82) is 0 Å². The zero-order chi connectivity index (χ0) is 20.0. The lowest BCUT2D eigenvalue weighted by atomic mass is 9.87. The molecule has 0 spiro atoms. The van der Waals surface area contributed by atoms with E-state index in [0.717, 1.165) is 11.6 Å². The second kappa shape index (κ2) is 8.64. The number of carbonyl (C=O) groups excluding carboxylic acids is 1. The molecule has 1 N–H and O–H groups in total. The third-order valence-electron chi connectivity index (χ3n) is 3.66. The van der Waals surface area contributed by atoms with Crippen molar-refractivity contribution in [1.82, 2.24) is 5.43 Å². The zero-order valence-electron chi connectivity index (χ0n) is 15.2. The molecular formula is C19H20ClN3O4. The minimum absolute atomic E-state index is 0.0405. The summed E-state index contributed by atoms with van der Waals surface area (Å²) < 4.78 is 5.18. The highest BCUT2D eigenvalue weighted by Crippen LogP contribution is 2.29. The molecule has 0 radical (unpaired) electrons. The van der Waals surface area contributed by atoms with Crippen LogP contribution in [-0.2, 0) is 10.2 Å². The van der Waals surface area contributed by atoms with Crippen molar-refractivity contribution in [2.45, 2.75) is 26.2 Å². The fourth-order valence-electron chi connectivity index (χ4n) is 2.18. The zero-order valence-corrected chi connectivity index (χ0v) is 16.0.